The summed E-state index contributed by atoms with van der Waals surface area (Å²) < 4.78 is 0. The van der Waals surface area contributed by atoms with Gasteiger partial charge in [0.25, 0.3) is 0 Å². The van der Waals surface area contributed by atoms with E-state index in [1.165, 1.54) is 0 Å². The number of carbonyl (C=O) groups is 2. The predicted molar refractivity (Wildman–Crippen MR) is 101 cm³/mol. The summed E-state index contributed by atoms with van der Waals surface area (Å²) in [7, 11) is 3.32. The van der Waals surface area contributed by atoms with Crippen LogP contribution >= 0.6 is 23.5 Å². The third-order valence-corrected chi connectivity index (χ3v) is 4.02. The maximum absolute atomic E-state index is 10.9. The molecule has 6 heteroatoms. The molecule has 0 unspecified atom stereocenters. The minimum absolute atomic E-state index is 0. The Balaban J connectivity index is -0.000000482. The van der Waals surface area contributed by atoms with Crippen molar-refractivity contribution in [3.8, 4) is 0 Å². The smallest absolute Gasteiger partial charge is 0.219 e. The molecule has 0 aliphatic heterocycles. The molecule has 0 radical (unpaired) electrons. The van der Waals surface area contributed by atoms with Gasteiger partial charge < -0.3 is 10.6 Å². The van der Waals surface area contributed by atoms with Crippen molar-refractivity contribution < 1.29 is 9.59 Å². The van der Waals surface area contributed by atoms with Crippen LogP contribution < -0.4 is 10.6 Å². The molecule has 0 rings (SSSR count). The van der Waals surface area contributed by atoms with Crippen LogP contribution in [0.3, 0.4) is 0 Å². The molecule has 2 N–H and O–H groups in total. The Bertz CT molecular complexity index is 246. The van der Waals surface area contributed by atoms with Gasteiger partial charge in [0.15, 0.2) is 0 Å². The molecule has 0 bridgehead atoms. The van der Waals surface area contributed by atoms with Gasteiger partial charge >= 0.3 is 0 Å². The van der Waals surface area contributed by atoms with Gasteiger partial charge in [-0.25, -0.2) is 0 Å². The van der Waals surface area contributed by atoms with E-state index in [1.807, 2.05) is 0 Å². The summed E-state index contributed by atoms with van der Waals surface area (Å²) in [5, 5.41) is 9.30. The van der Waals surface area contributed by atoms with Crippen LogP contribution in [0.15, 0.2) is 10.8 Å². The molecule has 0 aliphatic rings. The lowest BCUT2D eigenvalue weighted by molar-refractivity contribution is -0.121. The number of hydrogen-bond acceptors (Lipinski definition) is 4. The van der Waals surface area contributed by atoms with E-state index in [-0.39, 0.29) is 34.1 Å². The normalized spacial score (nSPS) is 9.05. The topological polar surface area (TPSA) is 58.2 Å². The minimum Gasteiger partial charge on any atom is -0.359 e. The third kappa shape index (κ3) is 21.8. The van der Waals surface area contributed by atoms with Crippen molar-refractivity contribution in [3.05, 3.63) is 10.8 Å². The Labute approximate surface area is 140 Å². The zero-order chi connectivity index (χ0) is 13.6. The van der Waals surface area contributed by atoms with Crippen LogP contribution in [0.1, 0.15) is 48.0 Å². The average Bonchev–Trinajstić information content (AvgIpc) is 2.40. The second-order valence-corrected chi connectivity index (χ2v) is 5.59. The first kappa shape index (κ1) is 28.5. The van der Waals surface area contributed by atoms with Crippen molar-refractivity contribution in [1.82, 2.24) is 10.6 Å². The first-order valence-corrected chi connectivity index (χ1v) is 8.09. The van der Waals surface area contributed by atoms with Gasteiger partial charge in [-0.2, -0.15) is 0 Å². The van der Waals surface area contributed by atoms with Crippen LogP contribution in [-0.4, -0.2) is 37.4 Å². The van der Waals surface area contributed by atoms with Crippen molar-refractivity contribution in [1.29, 1.82) is 0 Å². The highest BCUT2D eigenvalue weighted by Crippen LogP contribution is 2.12. The Morgan fingerprint density at radius 2 is 1.14 bits per heavy atom. The molecule has 128 valence electrons. The molecule has 0 aromatic heterocycles. The van der Waals surface area contributed by atoms with E-state index in [0.717, 1.165) is 24.3 Å². The number of rotatable bonds is 10. The molecule has 0 aromatic carbocycles. The Hall–Kier alpha value is -0.620. The van der Waals surface area contributed by atoms with Crippen LogP contribution in [0.2, 0.25) is 0 Å². The highest BCUT2D eigenvalue weighted by Gasteiger charge is 1.96. The molecule has 0 fully saturated rings. The average molecular weight is 339 g/mol. The molecule has 0 saturated carbocycles. The fraction of sp³-hybridized carbons (Fsp3) is 0.733. The second kappa shape index (κ2) is 21.7. The zero-order valence-electron chi connectivity index (χ0n) is 11.0. The molecular weight excluding hydrogens is 304 g/mol. The molecule has 2 amide bonds. The lowest BCUT2D eigenvalue weighted by Crippen LogP contribution is -2.17. The highest BCUT2D eigenvalue weighted by molar-refractivity contribution is 8.05. The number of nitrogens with one attached hydrogen (secondary N) is 2. The van der Waals surface area contributed by atoms with Gasteiger partial charge in [-0.15, -0.1) is 23.5 Å². The summed E-state index contributed by atoms with van der Waals surface area (Å²) >= 11 is 3.43. The lowest BCUT2D eigenvalue weighted by Gasteiger charge is -1.98. The van der Waals surface area contributed by atoms with Gasteiger partial charge in [0, 0.05) is 26.9 Å². The maximum Gasteiger partial charge on any atom is 0.219 e. The van der Waals surface area contributed by atoms with Crippen LogP contribution in [0.5, 0.6) is 0 Å². The molecule has 0 atom stereocenters. The second-order valence-electron chi connectivity index (χ2n) is 3.57. The summed E-state index contributed by atoms with van der Waals surface area (Å²) in [6.45, 7) is 0. The number of amides is 2. The molecule has 0 aromatic rings. The summed E-state index contributed by atoms with van der Waals surface area (Å²) in [5.41, 5.74) is 0. The van der Waals surface area contributed by atoms with Gasteiger partial charge in [0.05, 0.1) is 0 Å². The van der Waals surface area contributed by atoms with Gasteiger partial charge in [0.1, 0.15) is 0 Å². The van der Waals surface area contributed by atoms with E-state index in [1.54, 1.807) is 37.6 Å². The van der Waals surface area contributed by atoms with Crippen molar-refractivity contribution in [3.63, 3.8) is 0 Å². The van der Waals surface area contributed by atoms with Gasteiger partial charge in [-0.05, 0) is 35.2 Å². The van der Waals surface area contributed by atoms with Crippen molar-refractivity contribution in [2.24, 2.45) is 0 Å². The summed E-state index contributed by atoms with van der Waals surface area (Å²) in [6.07, 6.45) is 2.99. The quantitative estimate of drug-likeness (QED) is 0.593. The third-order valence-electron chi connectivity index (χ3n) is 2.14. The van der Waals surface area contributed by atoms with Gasteiger partial charge in [-0.3, -0.25) is 9.59 Å². The monoisotopic (exact) mass is 338 g/mol. The first-order chi connectivity index (χ1) is 8.70. The van der Waals surface area contributed by atoms with E-state index in [2.05, 4.69) is 21.4 Å². The molecule has 0 saturated heterocycles. The summed E-state index contributed by atoms with van der Waals surface area (Å²) in [5.74, 6) is 2.12. The van der Waals surface area contributed by atoms with Crippen molar-refractivity contribution in [2.45, 2.75) is 48.0 Å². The fourth-order valence-corrected chi connectivity index (χ4v) is 2.62. The van der Waals surface area contributed by atoms with Crippen molar-refractivity contribution in [2.75, 3.05) is 25.6 Å². The Morgan fingerprint density at radius 1 is 0.810 bits per heavy atom. The number of hydrogen-bond donors (Lipinski definition) is 2. The van der Waals surface area contributed by atoms with E-state index >= 15 is 0 Å². The van der Waals surface area contributed by atoms with E-state index < -0.39 is 0 Å². The largest absolute Gasteiger partial charge is 0.359 e. The maximum atomic E-state index is 10.9. The van der Waals surface area contributed by atoms with Gasteiger partial charge in [0.2, 0.25) is 11.8 Å². The Morgan fingerprint density at radius 3 is 1.43 bits per heavy atom. The SMILES string of the molecule is C.C.C.CNC(=O)CCCS/C=C\SCCCC(=O)NC. The molecule has 21 heavy (non-hydrogen) atoms. The van der Waals surface area contributed by atoms with Crippen LogP contribution in [0.4, 0.5) is 0 Å². The molecule has 0 heterocycles. The zero-order valence-corrected chi connectivity index (χ0v) is 12.7. The van der Waals surface area contributed by atoms with Crippen molar-refractivity contribution >= 4 is 35.3 Å². The van der Waals surface area contributed by atoms with Crippen LogP contribution in [0.25, 0.3) is 0 Å². The first-order valence-electron chi connectivity index (χ1n) is 6.00. The van der Waals surface area contributed by atoms with Crippen LogP contribution in [0, 0.1) is 0 Å². The van der Waals surface area contributed by atoms with Gasteiger partial charge in [-0.1, -0.05) is 22.3 Å². The predicted octanol–water partition coefficient (Wildman–Crippen LogP) is 3.88. The minimum atomic E-state index is 0. The molecule has 0 spiro atoms. The molecular formula is C15H34N2O2S2. The molecule has 0 aliphatic carbocycles. The molecule has 4 nitrogen and oxygen atoms in total. The summed E-state index contributed by atoms with van der Waals surface area (Å²) in [6, 6.07) is 0. The fourth-order valence-electron chi connectivity index (χ4n) is 1.10. The standard InChI is InChI=1S/C12H22N2O2S2.3CH4/c1-13-11(15)5-3-7-17-9-10-18-8-4-6-12(16)14-2;;;/h9-10H,3-8H2,1-2H3,(H,13,15)(H,14,16);3*1H4/b10-9-;;;. The van der Waals surface area contributed by atoms with Crippen LogP contribution in [-0.2, 0) is 9.59 Å². The summed E-state index contributed by atoms with van der Waals surface area (Å²) in [4.78, 5) is 21.8. The van der Waals surface area contributed by atoms with E-state index in [0.29, 0.717) is 12.8 Å². The number of carbonyl (C=O) groups excluding carboxylic acids is 2. The van der Waals surface area contributed by atoms with E-state index in [9.17, 15) is 9.59 Å². The Kier molecular flexibility index (Phi) is 29.4. The lowest BCUT2D eigenvalue weighted by atomic mass is 10.3. The number of thioether (sulfide) groups is 2. The highest BCUT2D eigenvalue weighted by atomic mass is 32.2. The van der Waals surface area contributed by atoms with E-state index in [4.69, 9.17) is 0 Å².